The third kappa shape index (κ3) is 5.95. The average molecular weight is 318 g/mol. The van der Waals surface area contributed by atoms with Gasteiger partial charge in [0.25, 0.3) is 5.91 Å². The van der Waals surface area contributed by atoms with Gasteiger partial charge >= 0.3 is 0 Å². The molecule has 1 heterocycles. The standard InChI is InChI=1S/C14H21ClFN3O2/c1-18(2)5-4-6-19(7-8-21-3)14(20)12-9-11(16)10-17-13(12)15/h9-10H,4-8H2,1-3H3. The number of ether oxygens (including phenoxy) is 1. The lowest BCUT2D eigenvalue weighted by Gasteiger charge is -2.23. The van der Waals surface area contributed by atoms with E-state index >= 15 is 0 Å². The molecule has 21 heavy (non-hydrogen) atoms. The highest BCUT2D eigenvalue weighted by Gasteiger charge is 2.19. The molecule has 0 aliphatic carbocycles. The van der Waals surface area contributed by atoms with Crippen molar-refractivity contribution in [2.45, 2.75) is 6.42 Å². The Hall–Kier alpha value is -1.24. The summed E-state index contributed by atoms with van der Waals surface area (Å²) in [6.45, 7) is 2.24. The fourth-order valence-electron chi connectivity index (χ4n) is 1.84. The molecule has 118 valence electrons. The van der Waals surface area contributed by atoms with Gasteiger partial charge in [-0.3, -0.25) is 4.79 Å². The summed E-state index contributed by atoms with van der Waals surface area (Å²) in [7, 11) is 5.50. The van der Waals surface area contributed by atoms with Gasteiger partial charge in [-0.05, 0) is 33.1 Å². The van der Waals surface area contributed by atoms with E-state index in [1.54, 1.807) is 12.0 Å². The van der Waals surface area contributed by atoms with E-state index in [1.165, 1.54) is 0 Å². The second-order valence-corrected chi connectivity index (χ2v) is 5.29. The van der Waals surface area contributed by atoms with E-state index in [0.29, 0.717) is 19.7 Å². The molecule has 0 aromatic carbocycles. The van der Waals surface area contributed by atoms with Crippen molar-refractivity contribution in [3.8, 4) is 0 Å². The second-order valence-electron chi connectivity index (χ2n) is 4.93. The Morgan fingerprint density at radius 1 is 1.38 bits per heavy atom. The highest BCUT2D eigenvalue weighted by Crippen LogP contribution is 2.16. The highest BCUT2D eigenvalue weighted by molar-refractivity contribution is 6.32. The zero-order valence-electron chi connectivity index (χ0n) is 12.6. The van der Waals surface area contributed by atoms with Crippen LogP contribution in [-0.2, 0) is 4.74 Å². The number of methoxy groups -OCH3 is 1. The SMILES string of the molecule is COCCN(CCCN(C)C)C(=O)c1cc(F)cnc1Cl. The van der Waals surface area contributed by atoms with Gasteiger partial charge in [0.2, 0.25) is 0 Å². The molecule has 1 amide bonds. The van der Waals surface area contributed by atoms with E-state index in [0.717, 1.165) is 25.2 Å². The molecule has 0 aliphatic rings. The lowest BCUT2D eigenvalue weighted by atomic mass is 10.2. The number of hydrogen-bond acceptors (Lipinski definition) is 4. The van der Waals surface area contributed by atoms with E-state index in [-0.39, 0.29) is 16.6 Å². The molecule has 0 spiro atoms. The van der Waals surface area contributed by atoms with Crippen LogP contribution in [0, 0.1) is 5.82 Å². The van der Waals surface area contributed by atoms with Crippen molar-refractivity contribution >= 4 is 17.5 Å². The van der Waals surface area contributed by atoms with Crippen molar-refractivity contribution in [3.05, 3.63) is 28.8 Å². The van der Waals surface area contributed by atoms with Crippen molar-refractivity contribution in [1.82, 2.24) is 14.8 Å². The van der Waals surface area contributed by atoms with Crippen LogP contribution in [0.25, 0.3) is 0 Å². The molecule has 1 rings (SSSR count). The Morgan fingerprint density at radius 3 is 2.71 bits per heavy atom. The van der Waals surface area contributed by atoms with Gasteiger partial charge in [-0.1, -0.05) is 11.6 Å². The zero-order chi connectivity index (χ0) is 15.8. The highest BCUT2D eigenvalue weighted by atomic mass is 35.5. The minimum atomic E-state index is -0.581. The Morgan fingerprint density at radius 2 is 2.10 bits per heavy atom. The van der Waals surface area contributed by atoms with Gasteiger partial charge in [0.15, 0.2) is 0 Å². The largest absolute Gasteiger partial charge is 0.383 e. The first kappa shape index (κ1) is 17.8. The fourth-order valence-corrected chi connectivity index (χ4v) is 2.02. The number of carbonyl (C=O) groups is 1. The molecule has 0 atom stereocenters. The van der Waals surface area contributed by atoms with E-state index in [4.69, 9.17) is 16.3 Å². The fraction of sp³-hybridized carbons (Fsp3) is 0.571. The molecule has 0 saturated heterocycles. The van der Waals surface area contributed by atoms with Crippen molar-refractivity contribution in [3.63, 3.8) is 0 Å². The molecule has 0 fully saturated rings. The number of pyridine rings is 1. The van der Waals surface area contributed by atoms with Gasteiger partial charge in [0, 0.05) is 20.2 Å². The second kappa shape index (κ2) is 8.92. The first-order chi connectivity index (χ1) is 9.95. The van der Waals surface area contributed by atoms with Crippen LogP contribution in [0.1, 0.15) is 16.8 Å². The molecule has 1 aromatic heterocycles. The monoisotopic (exact) mass is 317 g/mol. The first-order valence-corrected chi connectivity index (χ1v) is 7.07. The van der Waals surface area contributed by atoms with Crippen LogP contribution in [-0.4, -0.2) is 68.1 Å². The van der Waals surface area contributed by atoms with E-state index in [1.807, 2.05) is 19.0 Å². The minimum absolute atomic E-state index is 0.0106. The lowest BCUT2D eigenvalue weighted by Crippen LogP contribution is -2.36. The summed E-state index contributed by atoms with van der Waals surface area (Å²) in [5.41, 5.74) is 0.0811. The maximum atomic E-state index is 13.3. The molecule has 0 aliphatic heterocycles. The Labute approximate surface area is 129 Å². The topological polar surface area (TPSA) is 45.7 Å². The minimum Gasteiger partial charge on any atom is -0.383 e. The summed E-state index contributed by atoms with van der Waals surface area (Å²) < 4.78 is 18.3. The molecule has 0 bridgehead atoms. The number of aromatic nitrogens is 1. The van der Waals surface area contributed by atoms with Gasteiger partial charge in [-0.15, -0.1) is 0 Å². The molecule has 0 saturated carbocycles. The van der Waals surface area contributed by atoms with Crippen LogP contribution < -0.4 is 0 Å². The van der Waals surface area contributed by atoms with E-state index < -0.39 is 5.82 Å². The van der Waals surface area contributed by atoms with Crippen molar-refractivity contribution < 1.29 is 13.9 Å². The van der Waals surface area contributed by atoms with Gasteiger partial charge in [-0.2, -0.15) is 0 Å². The quantitative estimate of drug-likeness (QED) is 0.687. The summed E-state index contributed by atoms with van der Waals surface area (Å²) in [4.78, 5) is 19.8. The Bertz CT molecular complexity index is 472. The maximum absolute atomic E-state index is 13.3. The molecule has 1 aromatic rings. The number of amides is 1. The van der Waals surface area contributed by atoms with Crippen LogP contribution >= 0.6 is 11.6 Å². The Balaban J connectivity index is 2.80. The van der Waals surface area contributed by atoms with Gasteiger partial charge in [-0.25, -0.2) is 9.37 Å². The molecular weight excluding hydrogens is 297 g/mol. The molecule has 0 unspecified atom stereocenters. The Kier molecular flexibility index (Phi) is 7.56. The number of nitrogens with zero attached hydrogens (tertiary/aromatic N) is 3. The molecule has 0 N–H and O–H groups in total. The number of rotatable bonds is 8. The van der Waals surface area contributed by atoms with E-state index in [2.05, 4.69) is 4.98 Å². The normalized spacial score (nSPS) is 11.0. The number of carbonyl (C=O) groups excluding carboxylic acids is 1. The van der Waals surface area contributed by atoms with Crippen LogP contribution in [0.4, 0.5) is 4.39 Å². The smallest absolute Gasteiger partial charge is 0.257 e. The average Bonchev–Trinajstić information content (AvgIpc) is 2.44. The zero-order valence-corrected chi connectivity index (χ0v) is 13.4. The van der Waals surface area contributed by atoms with Crippen molar-refractivity contribution in [2.24, 2.45) is 0 Å². The summed E-state index contributed by atoms with van der Waals surface area (Å²) in [5.74, 6) is -0.912. The molecule has 7 heteroatoms. The summed E-state index contributed by atoms with van der Waals surface area (Å²) >= 11 is 5.89. The summed E-state index contributed by atoms with van der Waals surface area (Å²) in [5, 5.41) is 0.0106. The van der Waals surface area contributed by atoms with Gasteiger partial charge < -0.3 is 14.5 Å². The molecule has 0 radical (unpaired) electrons. The van der Waals surface area contributed by atoms with Gasteiger partial charge in [0.1, 0.15) is 11.0 Å². The van der Waals surface area contributed by atoms with Crippen LogP contribution in [0.3, 0.4) is 0 Å². The predicted octanol–water partition coefficient (Wildman–Crippen LogP) is 1.91. The van der Waals surface area contributed by atoms with Crippen LogP contribution in [0.5, 0.6) is 0 Å². The third-order valence-electron chi connectivity index (χ3n) is 2.92. The lowest BCUT2D eigenvalue weighted by molar-refractivity contribution is 0.0688. The summed E-state index contributed by atoms with van der Waals surface area (Å²) in [6, 6.07) is 1.11. The first-order valence-electron chi connectivity index (χ1n) is 6.69. The maximum Gasteiger partial charge on any atom is 0.257 e. The number of halogens is 2. The van der Waals surface area contributed by atoms with Crippen molar-refractivity contribution in [1.29, 1.82) is 0 Å². The molecule has 5 nitrogen and oxygen atoms in total. The molecular formula is C14H21ClFN3O2. The van der Waals surface area contributed by atoms with E-state index in [9.17, 15) is 9.18 Å². The van der Waals surface area contributed by atoms with Crippen LogP contribution in [0.2, 0.25) is 5.15 Å². The number of hydrogen-bond donors (Lipinski definition) is 0. The van der Waals surface area contributed by atoms with Crippen LogP contribution in [0.15, 0.2) is 12.3 Å². The van der Waals surface area contributed by atoms with Crippen molar-refractivity contribution in [2.75, 3.05) is 47.4 Å². The predicted molar refractivity (Wildman–Crippen MR) is 80.2 cm³/mol. The van der Waals surface area contributed by atoms with Gasteiger partial charge in [0.05, 0.1) is 18.4 Å². The summed E-state index contributed by atoms with van der Waals surface area (Å²) in [6.07, 6.45) is 1.80. The third-order valence-corrected chi connectivity index (χ3v) is 3.22.